The Morgan fingerprint density at radius 2 is 1.38 bits per heavy atom. The second kappa shape index (κ2) is 18.4. The zero-order chi connectivity index (χ0) is 32.6. The zero-order valence-electron chi connectivity index (χ0n) is 25.4. The lowest BCUT2D eigenvalue weighted by atomic mass is 9.96. The SMILES string of the molecule is Cc1ncccc1/C=C/C(=O)NCCCCN1CCN(C(c2ccccc2)c2ccccc2)CC1.O=C(O)C(O)C(O)C(=O)O. The Labute approximate surface area is 263 Å². The van der Waals surface area contributed by atoms with Gasteiger partial charge >= 0.3 is 11.9 Å². The van der Waals surface area contributed by atoms with Gasteiger partial charge in [-0.1, -0.05) is 66.7 Å². The smallest absolute Gasteiger partial charge is 0.335 e. The number of carbonyl (C=O) groups excluding carboxylic acids is 1. The molecule has 1 aromatic heterocycles. The van der Waals surface area contributed by atoms with Crippen LogP contribution in [-0.4, -0.2) is 105 Å². The number of nitrogens with zero attached hydrogens (tertiary/aromatic N) is 3. The first-order valence-electron chi connectivity index (χ1n) is 14.9. The highest BCUT2D eigenvalue weighted by molar-refractivity contribution is 5.91. The van der Waals surface area contributed by atoms with Gasteiger partial charge in [0.1, 0.15) is 0 Å². The van der Waals surface area contributed by atoms with Gasteiger partial charge in [0.15, 0.2) is 12.2 Å². The summed E-state index contributed by atoms with van der Waals surface area (Å²) in [5, 5.41) is 35.5. The molecule has 3 aromatic rings. The first kappa shape index (κ1) is 35.1. The van der Waals surface area contributed by atoms with Crippen LogP contribution in [0.15, 0.2) is 85.1 Å². The first-order valence-corrected chi connectivity index (χ1v) is 14.9. The van der Waals surface area contributed by atoms with Gasteiger partial charge in [-0.2, -0.15) is 0 Å². The van der Waals surface area contributed by atoms with Gasteiger partial charge in [-0.05, 0) is 55.1 Å². The average molecular weight is 619 g/mol. The lowest BCUT2D eigenvalue weighted by Gasteiger charge is -2.39. The molecule has 0 aliphatic carbocycles. The normalized spacial score (nSPS) is 15.2. The van der Waals surface area contributed by atoms with E-state index in [2.05, 4.69) is 80.8 Å². The summed E-state index contributed by atoms with van der Waals surface area (Å²) >= 11 is 0. The molecular weight excluding hydrogens is 576 g/mol. The van der Waals surface area contributed by atoms with Gasteiger partial charge in [-0.25, -0.2) is 9.59 Å². The van der Waals surface area contributed by atoms with E-state index in [-0.39, 0.29) is 5.91 Å². The number of amides is 1. The second-order valence-electron chi connectivity index (χ2n) is 10.7. The van der Waals surface area contributed by atoms with Gasteiger partial charge in [0.05, 0.1) is 6.04 Å². The summed E-state index contributed by atoms with van der Waals surface area (Å²) in [5.41, 5.74) is 4.62. The van der Waals surface area contributed by atoms with Crippen molar-refractivity contribution in [2.24, 2.45) is 0 Å². The molecule has 2 atom stereocenters. The molecule has 4 rings (SSSR count). The number of aliphatic hydroxyl groups is 2. The Hall–Kier alpha value is -4.42. The summed E-state index contributed by atoms with van der Waals surface area (Å²) < 4.78 is 0. The molecule has 45 heavy (non-hydrogen) atoms. The van der Waals surface area contributed by atoms with Gasteiger partial charge in [-0.3, -0.25) is 14.7 Å². The molecular formula is C34H42N4O7. The van der Waals surface area contributed by atoms with E-state index in [4.69, 9.17) is 20.4 Å². The van der Waals surface area contributed by atoms with Gasteiger partial charge in [0.25, 0.3) is 0 Å². The van der Waals surface area contributed by atoms with Crippen LogP contribution in [0.5, 0.6) is 0 Å². The van der Waals surface area contributed by atoms with E-state index in [0.29, 0.717) is 12.6 Å². The van der Waals surface area contributed by atoms with Crippen LogP contribution in [0.25, 0.3) is 6.08 Å². The molecule has 5 N–H and O–H groups in total. The van der Waals surface area contributed by atoms with Crippen molar-refractivity contribution in [2.75, 3.05) is 39.3 Å². The molecule has 240 valence electrons. The molecule has 0 saturated carbocycles. The number of hydrogen-bond acceptors (Lipinski definition) is 8. The van der Waals surface area contributed by atoms with E-state index in [1.54, 1.807) is 12.3 Å². The largest absolute Gasteiger partial charge is 0.479 e. The summed E-state index contributed by atoms with van der Waals surface area (Å²) in [6, 6.07) is 25.8. The standard InChI is InChI=1S/C30H36N4O.C4H6O6/c1-25-26(15-10-19-31-25)16-17-29(35)32-18-8-9-20-33-21-23-34(24-22-33)30(27-11-4-2-5-12-27)28-13-6-3-7-14-28;5-1(3(7)8)2(6)4(9)10/h2-7,10-17,19,30H,8-9,18,20-24H2,1H3,(H,32,35);1-2,5-6H,(H,7,8)(H,9,10)/b17-16+;. The maximum Gasteiger partial charge on any atom is 0.335 e. The second-order valence-corrected chi connectivity index (χ2v) is 10.7. The molecule has 2 unspecified atom stereocenters. The number of aryl methyl sites for hydroxylation is 1. The number of carbonyl (C=O) groups is 3. The molecule has 1 amide bonds. The van der Waals surface area contributed by atoms with Crippen LogP contribution in [0, 0.1) is 6.92 Å². The van der Waals surface area contributed by atoms with E-state index in [1.807, 2.05) is 25.1 Å². The van der Waals surface area contributed by atoms with Crippen molar-refractivity contribution >= 4 is 23.9 Å². The Morgan fingerprint density at radius 1 is 0.822 bits per heavy atom. The zero-order valence-corrected chi connectivity index (χ0v) is 25.4. The maximum absolute atomic E-state index is 12.1. The number of carboxylic acid groups (broad SMARTS) is 2. The van der Waals surface area contributed by atoms with Crippen LogP contribution in [0.2, 0.25) is 0 Å². The van der Waals surface area contributed by atoms with Gasteiger partial charge in [0, 0.05) is 50.7 Å². The molecule has 1 aliphatic heterocycles. The fourth-order valence-electron chi connectivity index (χ4n) is 4.97. The van der Waals surface area contributed by atoms with Crippen LogP contribution in [0.1, 0.15) is 41.3 Å². The third-order valence-corrected chi connectivity index (χ3v) is 7.47. The Morgan fingerprint density at radius 3 is 1.89 bits per heavy atom. The Kier molecular flexibility index (Phi) is 14.3. The molecule has 1 fully saturated rings. The van der Waals surface area contributed by atoms with E-state index in [1.165, 1.54) is 11.1 Å². The van der Waals surface area contributed by atoms with E-state index < -0.39 is 24.1 Å². The van der Waals surface area contributed by atoms with Crippen molar-refractivity contribution in [3.63, 3.8) is 0 Å². The quantitative estimate of drug-likeness (QED) is 0.142. The molecule has 11 nitrogen and oxygen atoms in total. The Balaban J connectivity index is 0.000000477. The number of carboxylic acids is 2. The predicted octanol–water partition coefficient (Wildman–Crippen LogP) is 2.58. The molecule has 0 bridgehead atoms. The number of rotatable bonds is 13. The molecule has 11 heteroatoms. The highest BCUT2D eigenvalue weighted by Gasteiger charge is 2.29. The first-order chi connectivity index (χ1) is 21.7. The van der Waals surface area contributed by atoms with Gasteiger partial charge in [0.2, 0.25) is 5.91 Å². The fraction of sp³-hybridized carbons (Fsp3) is 0.353. The molecule has 2 aromatic carbocycles. The minimum atomic E-state index is -2.27. The van der Waals surface area contributed by atoms with Crippen molar-refractivity contribution < 1.29 is 34.8 Å². The predicted molar refractivity (Wildman–Crippen MR) is 170 cm³/mol. The van der Waals surface area contributed by atoms with Crippen LogP contribution >= 0.6 is 0 Å². The fourth-order valence-corrected chi connectivity index (χ4v) is 4.97. The van der Waals surface area contributed by atoms with Crippen molar-refractivity contribution in [2.45, 2.75) is 38.0 Å². The number of piperazine rings is 1. The molecule has 1 saturated heterocycles. The number of aliphatic hydroxyl groups excluding tert-OH is 2. The third kappa shape index (κ3) is 11.5. The van der Waals surface area contributed by atoms with Crippen molar-refractivity contribution in [3.8, 4) is 0 Å². The highest BCUT2D eigenvalue weighted by atomic mass is 16.4. The summed E-state index contributed by atoms with van der Waals surface area (Å²) in [6.07, 6.45) is 2.73. The van der Waals surface area contributed by atoms with Crippen LogP contribution < -0.4 is 5.32 Å². The highest BCUT2D eigenvalue weighted by Crippen LogP contribution is 2.29. The number of unbranched alkanes of at least 4 members (excludes halogenated alkanes) is 1. The topological polar surface area (TPSA) is 164 Å². The number of nitrogens with one attached hydrogen (secondary N) is 1. The third-order valence-electron chi connectivity index (χ3n) is 7.47. The van der Waals surface area contributed by atoms with E-state index >= 15 is 0 Å². The van der Waals surface area contributed by atoms with Gasteiger partial charge in [-0.15, -0.1) is 0 Å². The number of aromatic nitrogens is 1. The van der Waals surface area contributed by atoms with E-state index in [9.17, 15) is 14.4 Å². The van der Waals surface area contributed by atoms with Crippen molar-refractivity contribution in [1.82, 2.24) is 20.1 Å². The minimum Gasteiger partial charge on any atom is -0.479 e. The number of hydrogen-bond donors (Lipinski definition) is 5. The van der Waals surface area contributed by atoms with Crippen LogP contribution in [-0.2, 0) is 14.4 Å². The molecule has 0 spiro atoms. The van der Waals surface area contributed by atoms with Crippen LogP contribution in [0.4, 0.5) is 0 Å². The van der Waals surface area contributed by atoms with E-state index in [0.717, 1.165) is 56.8 Å². The summed E-state index contributed by atoms with van der Waals surface area (Å²) in [7, 11) is 0. The molecule has 1 aliphatic rings. The molecule has 0 radical (unpaired) electrons. The summed E-state index contributed by atoms with van der Waals surface area (Å²) in [6.45, 7) is 8.01. The lowest BCUT2D eigenvalue weighted by molar-refractivity contribution is -0.165. The molecule has 2 heterocycles. The van der Waals surface area contributed by atoms with Gasteiger partial charge < -0.3 is 30.6 Å². The average Bonchev–Trinajstić information content (AvgIpc) is 3.05. The van der Waals surface area contributed by atoms with Crippen LogP contribution in [0.3, 0.4) is 0 Å². The number of pyridine rings is 1. The maximum atomic E-state index is 12.1. The summed E-state index contributed by atoms with van der Waals surface area (Å²) in [4.78, 5) is 41.0. The number of benzene rings is 2. The monoisotopic (exact) mass is 618 g/mol. The lowest BCUT2D eigenvalue weighted by Crippen LogP contribution is -2.48. The minimum absolute atomic E-state index is 0.0465. The Bertz CT molecular complexity index is 1320. The van der Waals surface area contributed by atoms with Crippen molar-refractivity contribution in [1.29, 1.82) is 0 Å². The van der Waals surface area contributed by atoms with Crippen molar-refractivity contribution in [3.05, 3.63) is 107 Å². The summed E-state index contributed by atoms with van der Waals surface area (Å²) in [5.74, 6) is -3.58. The number of aliphatic carboxylic acids is 2.